The van der Waals surface area contributed by atoms with Gasteiger partial charge in [-0.1, -0.05) is 0 Å². The first-order valence-electron chi connectivity index (χ1n) is 3.43. The highest BCUT2D eigenvalue weighted by Gasteiger charge is 2.15. The van der Waals surface area contributed by atoms with E-state index in [4.69, 9.17) is 5.73 Å². The molecule has 6 heteroatoms. The number of carbonyl (C=O) groups is 1. The van der Waals surface area contributed by atoms with E-state index in [2.05, 4.69) is 4.98 Å². The summed E-state index contributed by atoms with van der Waals surface area (Å²) in [4.78, 5) is 23.8. The summed E-state index contributed by atoms with van der Waals surface area (Å²) in [6, 6.07) is 2.67. The zero-order valence-corrected chi connectivity index (χ0v) is 6.85. The first-order chi connectivity index (χ1) is 6.00. The lowest BCUT2D eigenvalue weighted by Gasteiger charge is -1.95. The van der Waals surface area contributed by atoms with Crippen molar-refractivity contribution in [3.63, 3.8) is 0 Å². The van der Waals surface area contributed by atoms with Crippen molar-refractivity contribution in [2.45, 2.75) is 6.92 Å². The summed E-state index contributed by atoms with van der Waals surface area (Å²) in [7, 11) is 0. The van der Waals surface area contributed by atoms with Crippen LogP contribution in [0.15, 0.2) is 12.1 Å². The van der Waals surface area contributed by atoms with Crippen LogP contribution in [0.1, 0.15) is 16.1 Å². The number of amides is 1. The molecule has 1 aromatic rings. The van der Waals surface area contributed by atoms with Crippen LogP contribution < -0.4 is 5.73 Å². The molecule has 0 atom stereocenters. The fraction of sp³-hybridized carbons (Fsp3) is 0.143. The van der Waals surface area contributed by atoms with Gasteiger partial charge in [-0.15, -0.1) is 0 Å². The van der Waals surface area contributed by atoms with Gasteiger partial charge in [-0.05, 0) is 28.5 Å². The van der Waals surface area contributed by atoms with Gasteiger partial charge in [-0.3, -0.25) is 4.79 Å². The van der Waals surface area contributed by atoms with Crippen LogP contribution in [0.2, 0.25) is 0 Å². The van der Waals surface area contributed by atoms with Crippen molar-refractivity contribution in [2.24, 2.45) is 5.73 Å². The second-order valence-corrected chi connectivity index (χ2v) is 2.51. The second-order valence-electron chi connectivity index (χ2n) is 2.51. The number of primary amides is 1. The zero-order valence-electron chi connectivity index (χ0n) is 6.85. The van der Waals surface area contributed by atoms with Crippen molar-refractivity contribution in [1.82, 2.24) is 4.98 Å². The van der Waals surface area contributed by atoms with E-state index in [9.17, 15) is 14.9 Å². The van der Waals surface area contributed by atoms with E-state index in [0.29, 0.717) is 5.56 Å². The van der Waals surface area contributed by atoms with E-state index in [1.165, 1.54) is 12.1 Å². The molecule has 2 N–H and O–H groups in total. The van der Waals surface area contributed by atoms with Gasteiger partial charge in [-0.2, -0.15) is 0 Å². The molecule has 0 aliphatic rings. The molecule has 0 bridgehead atoms. The number of carbonyl (C=O) groups excluding carboxylic acids is 1. The molecule has 0 spiro atoms. The van der Waals surface area contributed by atoms with Crippen LogP contribution in [0.25, 0.3) is 0 Å². The van der Waals surface area contributed by atoms with Gasteiger partial charge in [0.25, 0.3) is 5.91 Å². The van der Waals surface area contributed by atoms with Crippen molar-refractivity contribution >= 4 is 11.7 Å². The molecule has 0 saturated heterocycles. The molecular weight excluding hydrogens is 174 g/mol. The van der Waals surface area contributed by atoms with Crippen molar-refractivity contribution in [2.75, 3.05) is 0 Å². The summed E-state index contributed by atoms with van der Waals surface area (Å²) in [5.74, 6) is -1.14. The van der Waals surface area contributed by atoms with E-state index in [1.54, 1.807) is 6.92 Å². The Morgan fingerprint density at radius 3 is 2.69 bits per heavy atom. The van der Waals surface area contributed by atoms with Crippen LogP contribution >= 0.6 is 0 Å². The molecule has 1 rings (SSSR count). The maximum absolute atomic E-state index is 10.7. The normalized spacial score (nSPS) is 9.62. The lowest BCUT2D eigenvalue weighted by atomic mass is 10.2. The Morgan fingerprint density at radius 1 is 1.62 bits per heavy atom. The first-order valence-corrected chi connectivity index (χ1v) is 3.43. The molecule has 0 radical (unpaired) electrons. The summed E-state index contributed by atoms with van der Waals surface area (Å²) in [6.07, 6.45) is 0. The summed E-state index contributed by atoms with van der Waals surface area (Å²) in [6.45, 7) is 1.63. The van der Waals surface area contributed by atoms with Gasteiger partial charge in [0.05, 0.1) is 0 Å². The predicted octanol–water partition coefficient (Wildman–Crippen LogP) is 0.397. The zero-order chi connectivity index (χ0) is 10.0. The largest absolute Gasteiger partial charge is 0.364 e. The maximum atomic E-state index is 10.7. The van der Waals surface area contributed by atoms with Crippen LogP contribution in [0.3, 0.4) is 0 Å². The fourth-order valence-electron chi connectivity index (χ4n) is 0.869. The molecule has 68 valence electrons. The maximum Gasteiger partial charge on any atom is 0.364 e. The fourth-order valence-corrected chi connectivity index (χ4v) is 0.869. The van der Waals surface area contributed by atoms with Gasteiger partial charge in [0.15, 0.2) is 0 Å². The Balaban J connectivity index is 3.26. The van der Waals surface area contributed by atoms with E-state index in [1.807, 2.05) is 0 Å². The van der Waals surface area contributed by atoms with Gasteiger partial charge >= 0.3 is 5.82 Å². The summed E-state index contributed by atoms with van der Waals surface area (Å²) in [5, 5.41) is 10.3. The molecule has 0 unspecified atom stereocenters. The standard InChI is InChI=1S/C7H7N3O3/c1-4-2-5(7(8)11)9-6(3-4)10(12)13/h2-3H,1H3,(H2,8,11). The van der Waals surface area contributed by atoms with Gasteiger partial charge in [0.1, 0.15) is 0 Å². The molecule has 1 aromatic heterocycles. The average Bonchev–Trinajstić information content (AvgIpc) is 2.03. The lowest BCUT2D eigenvalue weighted by Crippen LogP contribution is -2.14. The quantitative estimate of drug-likeness (QED) is 0.527. The molecule has 13 heavy (non-hydrogen) atoms. The van der Waals surface area contributed by atoms with Crippen LogP contribution in [0.4, 0.5) is 5.82 Å². The molecule has 1 amide bonds. The number of aromatic nitrogens is 1. The van der Waals surface area contributed by atoms with Gasteiger partial charge in [-0.25, -0.2) is 0 Å². The minimum absolute atomic E-state index is 0.0910. The third kappa shape index (κ3) is 1.98. The molecule has 0 aliphatic carbocycles. The Labute approximate surface area is 73.5 Å². The highest BCUT2D eigenvalue weighted by Crippen LogP contribution is 2.11. The first kappa shape index (κ1) is 9.11. The molecule has 1 heterocycles. The number of rotatable bonds is 2. The van der Waals surface area contributed by atoms with Crippen molar-refractivity contribution < 1.29 is 9.72 Å². The van der Waals surface area contributed by atoms with E-state index in [0.717, 1.165) is 0 Å². The van der Waals surface area contributed by atoms with Gasteiger partial charge in [0.2, 0.25) is 5.69 Å². The Morgan fingerprint density at radius 2 is 2.23 bits per heavy atom. The summed E-state index contributed by atoms with van der Waals surface area (Å²) < 4.78 is 0. The molecule has 0 fully saturated rings. The highest BCUT2D eigenvalue weighted by molar-refractivity contribution is 5.91. The number of hydrogen-bond acceptors (Lipinski definition) is 4. The lowest BCUT2D eigenvalue weighted by molar-refractivity contribution is -0.389. The molecule has 0 aliphatic heterocycles. The topological polar surface area (TPSA) is 99.1 Å². The molecular formula is C7H7N3O3. The van der Waals surface area contributed by atoms with Crippen molar-refractivity contribution in [1.29, 1.82) is 0 Å². The number of pyridine rings is 1. The van der Waals surface area contributed by atoms with Crippen LogP contribution in [-0.4, -0.2) is 15.8 Å². The van der Waals surface area contributed by atoms with Gasteiger partial charge in [0, 0.05) is 6.07 Å². The number of aryl methyl sites for hydroxylation is 1. The Bertz CT molecular complexity index is 343. The third-order valence-electron chi connectivity index (χ3n) is 1.40. The third-order valence-corrected chi connectivity index (χ3v) is 1.40. The minimum atomic E-state index is -0.771. The van der Waals surface area contributed by atoms with E-state index >= 15 is 0 Å². The predicted molar refractivity (Wildman–Crippen MR) is 44.1 cm³/mol. The number of nitrogens with zero attached hydrogens (tertiary/aromatic N) is 2. The van der Waals surface area contributed by atoms with Crippen molar-refractivity contribution in [3.05, 3.63) is 33.5 Å². The highest BCUT2D eigenvalue weighted by atomic mass is 16.6. The Hall–Kier alpha value is -1.98. The number of nitrogens with two attached hydrogens (primary N) is 1. The van der Waals surface area contributed by atoms with E-state index in [-0.39, 0.29) is 11.5 Å². The Kier molecular flexibility index (Phi) is 2.23. The van der Waals surface area contributed by atoms with Gasteiger partial charge < -0.3 is 15.8 Å². The smallest absolute Gasteiger partial charge is 0.362 e. The SMILES string of the molecule is Cc1cc(C(N)=O)nc([N+](=O)[O-])c1. The summed E-state index contributed by atoms with van der Waals surface area (Å²) >= 11 is 0. The van der Waals surface area contributed by atoms with E-state index < -0.39 is 10.8 Å². The van der Waals surface area contributed by atoms with Crippen LogP contribution in [0.5, 0.6) is 0 Å². The molecule has 0 aromatic carbocycles. The number of hydrogen-bond donors (Lipinski definition) is 1. The second kappa shape index (κ2) is 3.18. The average molecular weight is 181 g/mol. The minimum Gasteiger partial charge on any atom is -0.362 e. The van der Waals surface area contributed by atoms with Crippen LogP contribution in [-0.2, 0) is 0 Å². The summed E-state index contributed by atoms with van der Waals surface area (Å²) in [5.41, 5.74) is 5.42. The van der Waals surface area contributed by atoms with Crippen LogP contribution in [0, 0.1) is 17.0 Å². The number of nitro groups is 1. The van der Waals surface area contributed by atoms with Crippen molar-refractivity contribution in [3.8, 4) is 0 Å². The monoisotopic (exact) mass is 181 g/mol. The molecule has 0 saturated carbocycles. The molecule has 6 nitrogen and oxygen atoms in total.